The average molecular weight is 396 g/mol. The highest BCUT2D eigenvalue weighted by atomic mass is 35.5. The molecule has 8 nitrogen and oxygen atoms in total. The van der Waals surface area contributed by atoms with Gasteiger partial charge in [0.1, 0.15) is 18.6 Å². The van der Waals surface area contributed by atoms with Crippen molar-refractivity contribution in [2.45, 2.75) is 13.3 Å². The highest BCUT2D eigenvalue weighted by Gasteiger charge is 2.18. The molecule has 0 aliphatic carbocycles. The molecule has 2 aromatic rings. The minimum absolute atomic E-state index is 0.123. The number of ether oxygens (including phenoxy) is 2. The van der Waals surface area contributed by atoms with Gasteiger partial charge in [-0.05, 0) is 37.6 Å². The Morgan fingerprint density at radius 3 is 2.70 bits per heavy atom. The number of nitrogens with one attached hydrogen (secondary N) is 1. The van der Waals surface area contributed by atoms with E-state index in [0.29, 0.717) is 42.8 Å². The molecule has 2 amide bonds. The lowest BCUT2D eigenvalue weighted by Gasteiger charge is -2.22. The van der Waals surface area contributed by atoms with E-state index in [0.717, 1.165) is 0 Å². The molecule has 0 saturated heterocycles. The van der Waals surface area contributed by atoms with Crippen molar-refractivity contribution in [2.24, 2.45) is 0 Å². The van der Waals surface area contributed by atoms with Crippen LogP contribution in [0, 0.1) is 0 Å². The van der Waals surface area contributed by atoms with Crippen LogP contribution >= 0.6 is 11.6 Å². The summed E-state index contributed by atoms with van der Waals surface area (Å²) in [5, 5.41) is 6.76. The zero-order valence-corrected chi connectivity index (χ0v) is 15.8. The molecule has 0 aliphatic heterocycles. The van der Waals surface area contributed by atoms with Gasteiger partial charge in [0.15, 0.2) is 12.4 Å². The summed E-state index contributed by atoms with van der Waals surface area (Å²) in [5.41, 5.74) is 0. The van der Waals surface area contributed by atoms with Gasteiger partial charge in [-0.15, -0.1) is 0 Å². The van der Waals surface area contributed by atoms with E-state index in [9.17, 15) is 9.59 Å². The first kappa shape index (κ1) is 20.7. The van der Waals surface area contributed by atoms with Crippen LogP contribution in [0.25, 0.3) is 0 Å². The van der Waals surface area contributed by atoms with Gasteiger partial charge in [-0.2, -0.15) is 0 Å². The molecular weight excluding hydrogens is 374 g/mol. The Morgan fingerprint density at radius 1 is 1.26 bits per heavy atom. The summed E-state index contributed by atoms with van der Waals surface area (Å²) in [6.07, 6.45) is 1.96. The maximum atomic E-state index is 12.5. The number of anilines is 1. The van der Waals surface area contributed by atoms with E-state index < -0.39 is 0 Å². The van der Waals surface area contributed by atoms with Gasteiger partial charge in [-0.25, -0.2) is 0 Å². The average Bonchev–Trinajstić information content (AvgIpc) is 3.16. The van der Waals surface area contributed by atoms with Crippen LogP contribution < -0.4 is 10.1 Å². The maximum absolute atomic E-state index is 12.5. The molecule has 1 aromatic carbocycles. The van der Waals surface area contributed by atoms with Crippen molar-refractivity contribution in [3.05, 3.63) is 41.6 Å². The standard InChI is InChI=1S/C18H22ClN3O5/c1-2-25-10-3-9-22(12-17(23)20-16-8-11-27-21-16)18(24)13-26-15-6-4-14(19)5-7-15/h4-8,11H,2-3,9-10,12-13H2,1H3,(H,20,21,23). The fraction of sp³-hybridized carbons (Fsp3) is 0.389. The number of hydrogen-bond acceptors (Lipinski definition) is 6. The molecule has 0 aliphatic rings. The van der Waals surface area contributed by atoms with Crippen molar-refractivity contribution in [1.29, 1.82) is 0 Å². The highest BCUT2D eigenvalue weighted by Crippen LogP contribution is 2.15. The number of hydrogen-bond donors (Lipinski definition) is 1. The molecule has 0 saturated carbocycles. The van der Waals surface area contributed by atoms with Gasteiger partial charge in [0.05, 0.1) is 0 Å². The Hall–Kier alpha value is -2.58. The Balaban J connectivity index is 1.89. The molecule has 1 aromatic heterocycles. The fourth-order valence-corrected chi connectivity index (χ4v) is 2.32. The van der Waals surface area contributed by atoms with E-state index in [1.807, 2.05) is 6.92 Å². The van der Waals surface area contributed by atoms with Crippen LogP contribution in [0.4, 0.5) is 5.82 Å². The van der Waals surface area contributed by atoms with Crippen molar-refractivity contribution in [1.82, 2.24) is 10.1 Å². The summed E-state index contributed by atoms with van der Waals surface area (Å²) in [4.78, 5) is 26.1. The van der Waals surface area contributed by atoms with Gasteiger partial charge in [0, 0.05) is 30.8 Å². The van der Waals surface area contributed by atoms with E-state index in [2.05, 4.69) is 15.0 Å². The molecule has 1 heterocycles. The number of rotatable bonds is 11. The van der Waals surface area contributed by atoms with Crippen LogP contribution in [-0.2, 0) is 14.3 Å². The van der Waals surface area contributed by atoms with Crippen LogP contribution in [0.5, 0.6) is 5.75 Å². The van der Waals surface area contributed by atoms with Crippen molar-refractivity contribution in [3.63, 3.8) is 0 Å². The van der Waals surface area contributed by atoms with E-state index in [4.69, 9.17) is 21.1 Å². The third-order valence-corrected chi connectivity index (χ3v) is 3.74. The van der Waals surface area contributed by atoms with Gasteiger partial charge in [-0.3, -0.25) is 9.59 Å². The number of aromatic nitrogens is 1. The molecule has 0 unspecified atom stereocenters. The Morgan fingerprint density at radius 2 is 2.04 bits per heavy atom. The first-order chi connectivity index (χ1) is 13.1. The van der Waals surface area contributed by atoms with E-state index >= 15 is 0 Å². The van der Waals surface area contributed by atoms with Crippen molar-refractivity contribution < 1.29 is 23.6 Å². The summed E-state index contributed by atoms with van der Waals surface area (Å²) in [5.74, 6) is 0.130. The Labute approximate surface area is 162 Å². The molecule has 0 fully saturated rings. The lowest BCUT2D eigenvalue weighted by molar-refractivity contribution is -0.136. The second-order valence-electron chi connectivity index (χ2n) is 5.54. The Kier molecular flexibility index (Phi) is 8.60. The van der Waals surface area contributed by atoms with Crippen LogP contribution in [0.15, 0.2) is 41.1 Å². The molecule has 2 rings (SSSR count). The molecule has 0 radical (unpaired) electrons. The third kappa shape index (κ3) is 7.67. The predicted octanol–water partition coefficient (Wildman–Crippen LogP) is 2.60. The van der Waals surface area contributed by atoms with Crippen LogP contribution in [0.3, 0.4) is 0 Å². The highest BCUT2D eigenvalue weighted by molar-refractivity contribution is 6.30. The molecule has 0 atom stereocenters. The fourth-order valence-electron chi connectivity index (χ4n) is 2.19. The van der Waals surface area contributed by atoms with Crippen molar-refractivity contribution >= 4 is 29.2 Å². The summed E-state index contributed by atoms with van der Waals surface area (Å²) < 4.78 is 15.4. The van der Waals surface area contributed by atoms with Crippen LogP contribution in [0.2, 0.25) is 5.02 Å². The number of nitrogens with zero attached hydrogens (tertiary/aromatic N) is 2. The minimum atomic E-state index is -0.375. The molecule has 27 heavy (non-hydrogen) atoms. The van der Waals surface area contributed by atoms with Crippen LogP contribution in [0.1, 0.15) is 13.3 Å². The second kappa shape index (κ2) is 11.2. The SMILES string of the molecule is CCOCCCN(CC(=O)Nc1ccon1)C(=O)COc1ccc(Cl)cc1. The molecule has 9 heteroatoms. The van der Waals surface area contributed by atoms with Gasteiger partial charge in [0.25, 0.3) is 5.91 Å². The normalized spacial score (nSPS) is 10.4. The van der Waals surface area contributed by atoms with Gasteiger partial charge in [0.2, 0.25) is 5.91 Å². The number of carbonyl (C=O) groups excluding carboxylic acids is 2. The summed E-state index contributed by atoms with van der Waals surface area (Å²) >= 11 is 5.82. The Bertz CT molecular complexity index is 706. The number of benzene rings is 1. The van der Waals surface area contributed by atoms with Gasteiger partial charge in [-0.1, -0.05) is 16.8 Å². The summed E-state index contributed by atoms with van der Waals surface area (Å²) in [6.45, 7) is 3.06. The van der Waals surface area contributed by atoms with Gasteiger partial charge < -0.3 is 24.2 Å². The topological polar surface area (TPSA) is 93.9 Å². The van der Waals surface area contributed by atoms with E-state index in [-0.39, 0.29) is 25.0 Å². The quantitative estimate of drug-likeness (QED) is 0.588. The molecule has 1 N–H and O–H groups in total. The van der Waals surface area contributed by atoms with Crippen molar-refractivity contribution in [3.8, 4) is 5.75 Å². The largest absolute Gasteiger partial charge is 0.484 e. The number of carbonyl (C=O) groups is 2. The first-order valence-electron chi connectivity index (χ1n) is 8.52. The smallest absolute Gasteiger partial charge is 0.260 e. The monoisotopic (exact) mass is 395 g/mol. The van der Waals surface area contributed by atoms with E-state index in [1.54, 1.807) is 24.3 Å². The predicted molar refractivity (Wildman–Crippen MR) is 99.8 cm³/mol. The molecular formula is C18H22ClN3O5. The second-order valence-corrected chi connectivity index (χ2v) is 5.98. The summed E-state index contributed by atoms with van der Waals surface area (Å²) in [7, 11) is 0. The third-order valence-electron chi connectivity index (χ3n) is 3.49. The van der Waals surface area contributed by atoms with Gasteiger partial charge >= 0.3 is 0 Å². The zero-order valence-electron chi connectivity index (χ0n) is 15.0. The summed E-state index contributed by atoms with van der Waals surface area (Å²) in [6, 6.07) is 8.21. The van der Waals surface area contributed by atoms with E-state index in [1.165, 1.54) is 17.2 Å². The molecule has 0 bridgehead atoms. The van der Waals surface area contributed by atoms with Crippen molar-refractivity contribution in [2.75, 3.05) is 38.2 Å². The number of amides is 2. The van der Waals surface area contributed by atoms with Crippen LogP contribution in [-0.4, -0.2) is 54.8 Å². The molecule has 146 valence electrons. The molecule has 0 spiro atoms. The number of halogens is 1. The minimum Gasteiger partial charge on any atom is -0.484 e. The maximum Gasteiger partial charge on any atom is 0.260 e. The lowest BCUT2D eigenvalue weighted by Crippen LogP contribution is -2.41. The first-order valence-corrected chi connectivity index (χ1v) is 8.90. The lowest BCUT2D eigenvalue weighted by atomic mass is 10.3. The zero-order chi connectivity index (χ0) is 19.5.